The first-order valence-electron chi connectivity index (χ1n) is 8.51. The molecule has 0 fully saturated rings. The van der Waals surface area contributed by atoms with Gasteiger partial charge in [-0.05, 0) is 25.0 Å². The molecule has 0 saturated heterocycles. The molecule has 5 nitrogen and oxygen atoms in total. The highest BCUT2D eigenvalue weighted by Crippen LogP contribution is 2.39. The molecule has 132 valence electrons. The average Bonchev–Trinajstić information content (AvgIpc) is 2.61. The summed E-state index contributed by atoms with van der Waals surface area (Å²) in [6.45, 7) is 3.64. The van der Waals surface area contributed by atoms with E-state index in [1.54, 1.807) is 12.1 Å². The SMILES string of the molecule is Cc1cccc2c1c(=O)oc1c2c(O)cc2oc(=O)c3c(C)cccc3c21. The van der Waals surface area contributed by atoms with E-state index in [2.05, 4.69) is 0 Å². The van der Waals surface area contributed by atoms with Gasteiger partial charge in [-0.25, -0.2) is 9.59 Å². The van der Waals surface area contributed by atoms with Gasteiger partial charge in [0.25, 0.3) is 0 Å². The molecule has 1 N–H and O–H groups in total. The zero-order chi connectivity index (χ0) is 18.9. The fourth-order valence-electron chi connectivity index (χ4n) is 3.91. The van der Waals surface area contributed by atoms with Crippen LogP contribution in [0.2, 0.25) is 0 Å². The van der Waals surface area contributed by atoms with Crippen LogP contribution in [-0.2, 0) is 0 Å². The van der Waals surface area contributed by atoms with Crippen LogP contribution in [0, 0.1) is 13.8 Å². The van der Waals surface area contributed by atoms with Crippen molar-refractivity contribution in [3.63, 3.8) is 0 Å². The van der Waals surface area contributed by atoms with Crippen molar-refractivity contribution in [2.75, 3.05) is 0 Å². The molecule has 0 aliphatic heterocycles. The molecule has 2 heterocycles. The van der Waals surface area contributed by atoms with E-state index in [1.807, 2.05) is 38.1 Å². The Hall–Kier alpha value is -3.60. The standard InChI is InChI=1S/C22H14O5/c1-10-5-3-7-12-16(10)22(25)27-20-18(12)14(23)9-15-19(20)13-8-4-6-11(2)17(13)21(24)26-15/h3-9,23H,1-2H3. The molecule has 0 bridgehead atoms. The van der Waals surface area contributed by atoms with Crippen LogP contribution < -0.4 is 11.3 Å². The normalized spacial score (nSPS) is 11.8. The number of hydrogen-bond acceptors (Lipinski definition) is 5. The Kier molecular flexibility index (Phi) is 3.01. The summed E-state index contributed by atoms with van der Waals surface area (Å²) in [5.41, 5.74) is 0.944. The van der Waals surface area contributed by atoms with Gasteiger partial charge in [0.2, 0.25) is 0 Å². The lowest BCUT2D eigenvalue weighted by molar-refractivity contribution is 0.477. The summed E-state index contributed by atoms with van der Waals surface area (Å²) in [4.78, 5) is 25.1. The number of fused-ring (bicyclic) bond motifs is 7. The lowest BCUT2D eigenvalue weighted by Gasteiger charge is -2.11. The Morgan fingerprint density at radius 1 is 0.741 bits per heavy atom. The minimum atomic E-state index is -0.492. The molecule has 0 aliphatic rings. The minimum absolute atomic E-state index is 0.105. The zero-order valence-electron chi connectivity index (χ0n) is 14.6. The van der Waals surface area contributed by atoms with Gasteiger partial charge >= 0.3 is 11.3 Å². The van der Waals surface area contributed by atoms with Gasteiger partial charge in [0, 0.05) is 16.8 Å². The Morgan fingerprint density at radius 3 is 1.93 bits per heavy atom. The van der Waals surface area contributed by atoms with Crippen LogP contribution in [0.25, 0.3) is 43.5 Å². The molecule has 0 amide bonds. The molecule has 5 rings (SSSR count). The van der Waals surface area contributed by atoms with E-state index in [9.17, 15) is 14.7 Å². The van der Waals surface area contributed by atoms with E-state index in [4.69, 9.17) is 8.83 Å². The number of aromatic hydroxyl groups is 1. The molecule has 0 aliphatic carbocycles. The third-order valence-corrected chi connectivity index (χ3v) is 5.11. The van der Waals surface area contributed by atoms with Gasteiger partial charge in [-0.15, -0.1) is 0 Å². The highest BCUT2D eigenvalue weighted by molar-refractivity contribution is 6.22. The van der Waals surface area contributed by atoms with Gasteiger partial charge in [0.1, 0.15) is 11.3 Å². The van der Waals surface area contributed by atoms with Gasteiger partial charge < -0.3 is 13.9 Å². The summed E-state index contributed by atoms with van der Waals surface area (Å²) in [6, 6.07) is 12.3. The monoisotopic (exact) mass is 358 g/mol. The molecule has 0 unspecified atom stereocenters. The van der Waals surface area contributed by atoms with Crippen molar-refractivity contribution in [2.45, 2.75) is 13.8 Å². The van der Waals surface area contributed by atoms with E-state index in [0.717, 1.165) is 11.1 Å². The summed E-state index contributed by atoms with van der Waals surface area (Å²) in [7, 11) is 0. The van der Waals surface area contributed by atoms with Crippen molar-refractivity contribution < 1.29 is 13.9 Å². The molecule has 5 aromatic rings. The van der Waals surface area contributed by atoms with Gasteiger partial charge in [-0.2, -0.15) is 0 Å². The molecule has 0 saturated carbocycles. The molecule has 0 spiro atoms. The van der Waals surface area contributed by atoms with E-state index in [-0.39, 0.29) is 16.9 Å². The first-order valence-corrected chi connectivity index (χ1v) is 8.51. The molecular weight excluding hydrogens is 344 g/mol. The number of phenols is 1. The van der Waals surface area contributed by atoms with Crippen LogP contribution in [0.4, 0.5) is 0 Å². The summed E-state index contributed by atoms with van der Waals surface area (Å²) in [5.74, 6) is -0.105. The predicted molar refractivity (Wildman–Crippen MR) is 105 cm³/mol. The third kappa shape index (κ3) is 1.99. The minimum Gasteiger partial charge on any atom is -0.507 e. The Morgan fingerprint density at radius 2 is 1.30 bits per heavy atom. The van der Waals surface area contributed by atoms with Crippen molar-refractivity contribution in [3.05, 3.63) is 74.4 Å². The second-order valence-electron chi connectivity index (χ2n) is 6.75. The number of phenolic OH excluding ortho intramolecular Hbond substituents is 1. The van der Waals surface area contributed by atoms with Crippen LogP contribution in [-0.4, -0.2) is 5.11 Å². The molecule has 0 atom stereocenters. The second-order valence-corrected chi connectivity index (χ2v) is 6.75. The number of hydrogen-bond donors (Lipinski definition) is 1. The van der Waals surface area contributed by atoms with Gasteiger partial charge in [-0.1, -0.05) is 36.4 Å². The molecule has 2 aromatic heterocycles. The average molecular weight is 358 g/mol. The third-order valence-electron chi connectivity index (χ3n) is 5.11. The summed E-state index contributed by atoms with van der Waals surface area (Å²) in [5, 5.41) is 13.7. The Bertz CT molecular complexity index is 1540. The number of rotatable bonds is 0. The molecular formula is C22H14O5. The molecule has 0 radical (unpaired) electrons. The van der Waals surface area contributed by atoms with Crippen molar-refractivity contribution in [1.82, 2.24) is 0 Å². The maximum atomic E-state index is 12.7. The van der Waals surface area contributed by atoms with E-state index in [1.165, 1.54) is 6.07 Å². The van der Waals surface area contributed by atoms with Gasteiger partial charge in [-0.3, -0.25) is 0 Å². The van der Waals surface area contributed by atoms with Crippen molar-refractivity contribution >= 4 is 43.5 Å². The lowest BCUT2D eigenvalue weighted by atomic mass is 9.98. The van der Waals surface area contributed by atoms with Gasteiger partial charge in [0.05, 0.1) is 21.5 Å². The van der Waals surface area contributed by atoms with E-state index < -0.39 is 11.3 Å². The highest BCUT2D eigenvalue weighted by Gasteiger charge is 2.20. The predicted octanol–water partition coefficient (Wildman–Crippen LogP) is 4.53. The van der Waals surface area contributed by atoms with Crippen LogP contribution >= 0.6 is 0 Å². The first-order chi connectivity index (χ1) is 13.0. The summed E-state index contributed by atoms with van der Waals surface area (Å²) in [6.07, 6.45) is 0. The lowest BCUT2D eigenvalue weighted by Crippen LogP contribution is -2.05. The largest absolute Gasteiger partial charge is 0.507 e. The van der Waals surface area contributed by atoms with Crippen molar-refractivity contribution in [3.8, 4) is 5.75 Å². The number of benzene rings is 3. The topological polar surface area (TPSA) is 80.7 Å². The van der Waals surface area contributed by atoms with Crippen LogP contribution in [0.1, 0.15) is 11.1 Å². The maximum absolute atomic E-state index is 12.7. The summed E-state index contributed by atoms with van der Waals surface area (Å²) >= 11 is 0. The fourth-order valence-corrected chi connectivity index (χ4v) is 3.91. The van der Waals surface area contributed by atoms with Crippen LogP contribution in [0.5, 0.6) is 5.75 Å². The van der Waals surface area contributed by atoms with E-state index in [0.29, 0.717) is 32.3 Å². The van der Waals surface area contributed by atoms with Crippen molar-refractivity contribution in [1.29, 1.82) is 0 Å². The van der Waals surface area contributed by atoms with E-state index >= 15 is 0 Å². The maximum Gasteiger partial charge on any atom is 0.344 e. The molecule has 5 heteroatoms. The van der Waals surface area contributed by atoms with Crippen molar-refractivity contribution in [2.24, 2.45) is 0 Å². The smallest absolute Gasteiger partial charge is 0.344 e. The Balaban J connectivity index is 2.21. The fraction of sp³-hybridized carbons (Fsp3) is 0.0909. The molecule has 3 aromatic carbocycles. The van der Waals surface area contributed by atoms with Crippen LogP contribution in [0.15, 0.2) is 60.9 Å². The second kappa shape index (κ2) is 5.20. The quantitative estimate of drug-likeness (QED) is 0.325. The summed E-state index contributed by atoms with van der Waals surface area (Å²) < 4.78 is 11.1. The van der Waals surface area contributed by atoms with Gasteiger partial charge in [0.15, 0.2) is 5.58 Å². The highest BCUT2D eigenvalue weighted by atomic mass is 16.4. The Labute approximate surface area is 152 Å². The first kappa shape index (κ1) is 15.6. The van der Waals surface area contributed by atoms with Crippen LogP contribution in [0.3, 0.4) is 0 Å². The number of aryl methyl sites for hydroxylation is 2. The molecule has 27 heavy (non-hydrogen) atoms. The zero-order valence-corrected chi connectivity index (χ0v) is 14.6.